The van der Waals surface area contributed by atoms with Gasteiger partial charge in [0.15, 0.2) is 0 Å². The van der Waals surface area contributed by atoms with E-state index < -0.39 is 35.4 Å². The molecule has 2 heterocycles. The third kappa shape index (κ3) is 7.94. The van der Waals surface area contributed by atoms with Gasteiger partial charge in [0.25, 0.3) is 5.91 Å². The Hall–Kier alpha value is -4.41. The number of rotatable bonds is 8. The van der Waals surface area contributed by atoms with Gasteiger partial charge in [-0.3, -0.25) is 24.0 Å². The first-order valence-electron chi connectivity index (χ1n) is 15.1. The summed E-state index contributed by atoms with van der Waals surface area (Å²) in [6, 6.07) is 12.8. The van der Waals surface area contributed by atoms with Crippen LogP contribution in [0.4, 0.5) is 0 Å². The fraction of sp³-hybridized carbons (Fsp3) is 0.485. The minimum Gasteiger partial charge on any atom is -0.508 e. The lowest BCUT2D eigenvalue weighted by Crippen LogP contribution is -2.61. The Morgan fingerprint density at radius 1 is 0.864 bits per heavy atom. The van der Waals surface area contributed by atoms with Crippen LogP contribution in [0.15, 0.2) is 54.6 Å². The first kappa shape index (κ1) is 32.5. The van der Waals surface area contributed by atoms with E-state index in [1.807, 2.05) is 39.0 Å². The number of amides is 5. The van der Waals surface area contributed by atoms with E-state index in [0.29, 0.717) is 51.1 Å². The molecule has 0 saturated carbocycles. The third-order valence-electron chi connectivity index (χ3n) is 8.26. The van der Waals surface area contributed by atoms with Crippen LogP contribution in [0.3, 0.4) is 0 Å². The molecule has 4 rings (SSSR count). The molecule has 0 aromatic heterocycles. The van der Waals surface area contributed by atoms with Crippen LogP contribution >= 0.6 is 0 Å². The van der Waals surface area contributed by atoms with Gasteiger partial charge in [0, 0.05) is 51.6 Å². The molecule has 0 aliphatic carbocycles. The van der Waals surface area contributed by atoms with Crippen molar-refractivity contribution in [2.24, 2.45) is 5.41 Å². The van der Waals surface area contributed by atoms with Gasteiger partial charge in [-0.1, -0.05) is 51.1 Å². The Labute approximate surface area is 258 Å². The molecule has 2 aromatic rings. The molecule has 2 fully saturated rings. The fourth-order valence-corrected chi connectivity index (χ4v) is 5.77. The zero-order chi connectivity index (χ0) is 32.0. The average molecular weight is 606 g/mol. The van der Waals surface area contributed by atoms with E-state index in [4.69, 9.17) is 0 Å². The Bertz CT molecular complexity index is 1350. The molecule has 5 amide bonds. The van der Waals surface area contributed by atoms with Crippen LogP contribution in [0, 0.1) is 5.41 Å². The summed E-state index contributed by atoms with van der Waals surface area (Å²) in [5.41, 5.74) is 0.623. The maximum Gasteiger partial charge on any atom is 0.253 e. The minimum absolute atomic E-state index is 0.0851. The largest absolute Gasteiger partial charge is 0.508 e. The monoisotopic (exact) mass is 605 g/mol. The predicted octanol–water partition coefficient (Wildman–Crippen LogP) is 1.95. The number of phenols is 1. The van der Waals surface area contributed by atoms with Crippen molar-refractivity contribution in [1.29, 1.82) is 0 Å². The molecule has 2 aromatic carbocycles. The van der Waals surface area contributed by atoms with Crippen molar-refractivity contribution in [1.82, 2.24) is 25.3 Å². The molecule has 0 bridgehead atoms. The van der Waals surface area contributed by atoms with Crippen molar-refractivity contribution in [3.8, 4) is 5.75 Å². The van der Waals surface area contributed by atoms with Crippen molar-refractivity contribution in [2.45, 2.75) is 65.1 Å². The standard InChI is InChI=1S/C33H43N5O6/c1-22(39)38-16-8-11-27(38)29(41)35-28(33(2,3)4)30(42)34-26(21-23-12-14-25(40)15-13-23)32(44)37-19-17-36(18-20-37)31(43)24-9-6-5-7-10-24/h5-7,9-10,12-15,26-28,40H,8,11,16-21H2,1-4H3,(H,34,42)(H,35,41). The lowest BCUT2D eigenvalue weighted by molar-refractivity contribution is -0.141. The second-order valence-electron chi connectivity index (χ2n) is 12.6. The second kappa shape index (κ2) is 13.9. The van der Waals surface area contributed by atoms with E-state index in [-0.39, 0.29) is 29.9 Å². The van der Waals surface area contributed by atoms with Crippen LogP contribution in [0.25, 0.3) is 0 Å². The summed E-state index contributed by atoms with van der Waals surface area (Å²) in [7, 11) is 0. The summed E-state index contributed by atoms with van der Waals surface area (Å²) >= 11 is 0. The summed E-state index contributed by atoms with van der Waals surface area (Å²) < 4.78 is 0. The van der Waals surface area contributed by atoms with Gasteiger partial charge in [0.2, 0.25) is 23.6 Å². The van der Waals surface area contributed by atoms with E-state index in [1.165, 1.54) is 24.0 Å². The van der Waals surface area contributed by atoms with Crippen LogP contribution in [-0.4, -0.2) is 100 Å². The normalized spacial score (nSPS) is 18.4. The number of piperazine rings is 1. The Balaban J connectivity index is 1.49. The molecular weight excluding hydrogens is 562 g/mol. The SMILES string of the molecule is CC(=O)N1CCCC1C(=O)NC(C(=O)NC(Cc1ccc(O)cc1)C(=O)N1CCN(C(=O)c2ccccc2)CC1)C(C)(C)C. The van der Waals surface area contributed by atoms with Crippen LogP contribution in [0.1, 0.15) is 56.5 Å². The summed E-state index contributed by atoms with van der Waals surface area (Å²) in [6.07, 6.45) is 1.39. The molecule has 44 heavy (non-hydrogen) atoms. The number of likely N-dealkylation sites (tertiary alicyclic amines) is 1. The Kier molecular flexibility index (Phi) is 10.3. The number of hydrogen-bond donors (Lipinski definition) is 3. The van der Waals surface area contributed by atoms with Gasteiger partial charge in [-0.25, -0.2) is 0 Å². The molecule has 11 heteroatoms. The highest BCUT2D eigenvalue weighted by Crippen LogP contribution is 2.23. The smallest absolute Gasteiger partial charge is 0.253 e. The van der Waals surface area contributed by atoms with Crippen molar-refractivity contribution in [2.75, 3.05) is 32.7 Å². The maximum absolute atomic E-state index is 13.9. The van der Waals surface area contributed by atoms with Gasteiger partial charge in [-0.05, 0) is 48.1 Å². The predicted molar refractivity (Wildman–Crippen MR) is 164 cm³/mol. The molecule has 0 radical (unpaired) electrons. The van der Waals surface area contributed by atoms with Gasteiger partial charge in [-0.2, -0.15) is 0 Å². The second-order valence-corrected chi connectivity index (χ2v) is 12.6. The van der Waals surface area contributed by atoms with Gasteiger partial charge >= 0.3 is 0 Å². The maximum atomic E-state index is 13.9. The van der Waals surface area contributed by atoms with E-state index in [1.54, 1.807) is 34.1 Å². The minimum atomic E-state index is -0.972. The average Bonchev–Trinajstić information content (AvgIpc) is 3.50. The third-order valence-corrected chi connectivity index (χ3v) is 8.26. The summed E-state index contributed by atoms with van der Waals surface area (Å²) in [5, 5.41) is 15.5. The zero-order valence-corrected chi connectivity index (χ0v) is 25.9. The molecule has 3 unspecified atom stereocenters. The fourth-order valence-electron chi connectivity index (χ4n) is 5.77. The first-order chi connectivity index (χ1) is 20.8. The molecule has 2 aliphatic heterocycles. The number of phenolic OH excluding ortho intramolecular Hbond substituents is 1. The molecular formula is C33H43N5O6. The molecule has 236 valence electrons. The lowest BCUT2D eigenvalue weighted by atomic mass is 9.85. The van der Waals surface area contributed by atoms with Crippen molar-refractivity contribution >= 4 is 29.5 Å². The van der Waals surface area contributed by atoms with Crippen molar-refractivity contribution in [3.63, 3.8) is 0 Å². The quantitative estimate of drug-likeness (QED) is 0.421. The first-order valence-corrected chi connectivity index (χ1v) is 15.1. The van der Waals surface area contributed by atoms with Crippen molar-refractivity contribution < 1.29 is 29.1 Å². The Morgan fingerprint density at radius 3 is 2.07 bits per heavy atom. The van der Waals surface area contributed by atoms with Crippen LogP contribution in [0.2, 0.25) is 0 Å². The van der Waals surface area contributed by atoms with Gasteiger partial charge < -0.3 is 30.4 Å². The molecule has 2 aliphatic rings. The number of hydrogen-bond acceptors (Lipinski definition) is 6. The topological polar surface area (TPSA) is 139 Å². The number of carbonyl (C=O) groups excluding carboxylic acids is 5. The number of benzene rings is 2. The highest BCUT2D eigenvalue weighted by molar-refractivity contribution is 5.96. The van der Waals surface area contributed by atoms with Crippen molar-refractivity contribution in [3.05, 3.63) is 65.7 Å². The molecule has 0 spiro atoms. The number of carbonyl (C=O) groups is 5. The van der Waals surface area contributed by atoms with E-state index in [9.17, 15) is 29.1 Å². The molecule has 2 saturated heterocycles. The van der Waals surface area contributed by atoms with Gasteiger partial charge in [-0.15, -0.1) is 0 Å². The molecule has 11 nitrogen and oxygen atoms in total. The number of nitrogens with one attached hydrogen (secondary N) is 2. The summed E-state index contributed by atoms with van der Waals surface area (Å²) in [6.45, 7) is 8.73. The number of aromatic hydroxyl groups is 1. The zero-order valence-electron chi connectivity index (χ0n) is 25.9. The van der Waals surface area contributed by atoms with E-state index in [0.717, 1.165) is 5.56 Å². The highest BCUT2D eigenvalue weighted by atomic mass is 16.3. The van der Waals surface area contributed by atoms with E-state index >= 15 is 0 Å². The van der Waals surface area contributed by atoms with Crippen LogP contribution < -0.4 is 10.6 Å². The highest BCUT2D eigenvalue weighted by Gasteiger charge is 2.40. The van der Waals surface area contributed by atoms with Gasteiger partial charge in [0.05, 0.1) is 0 Å². The van der Waals surface area contributed by atoms with Gasteiger partial charge in [0.1, 0.15) is 23.9 Å². The Morgan fingerprint density at radius 2 is 1.48 bits per heavy atom. The summed E-state index contributed by atoms with van der Waals surface area (Å²) in [5.74, 6) is -1.40. The van der Waals surface area contributed by atoms with Crippen LogP contribution in [0.5, 0.6) is 5.75 Å². The van der Waals surface area contributed by atoms with E-state index in [2.05, 4.69) is 10.6 Å². The summed E-state index contributed by atoms with van der Waals surface area (Å²) in [4.78, 5) is 70.9. The molecule has 3 atom stereocenters. The molecule has 3 N–H and O–H groups in total. The lowest BCUT2D eigenvalue weighted by Gasteiger charge is -2.37. The number of nitrogens with zero attached hydrogens (tertiary/aromatic N) is 3. The van der Waals surface area contributed by atoms with Crippen LogP contribution in [-0.2, 0) is 25.6 Å².